The lowest BCUT2D eigenvalue weighted by molar-refractivity contribution is 1.01. The average molecular weight is 358 g/mol. The second-order valence-corrected chi connectivity index (χ2v) is 7.05. The molecule has 0 fully saturated rings. The average Bonchev–Trinajstić information content (AvgIpc) is 3.05. The summed E-state index contributed by atoms with van der Waals surface area (Å²) in [5.41, 5.74) is 7.82. The van der Waals surface area contributed by atoms with E-state index in [1.54, 1.807) is 0 Å². The zero-order valence-electron chi connectivity index (χ0n) is 15.6. The highest BCUT2D eigenvalue weighted by molar-refractivity contribution is 6.10. The third-order valence-electron chi connectivity index (χ3n) is 5.42. The third-order valence-corrected chi connectivity index (χ3v) is 5.42. The normalized spacial score (nSPS) is 11.0. The number of rotatable bonds is 2. The van der Waals surface area contributed by atoms with Gasteiger partial charge in [0.05, 0.1) is 6.57 Å². The Bertz CT molecular complexity index is 1370. The molecule has 4 aromatic carbocycles. The fourth-order valence-electron chi connectivity index (χ4n) is 3.96. The fraction of sp³-hybridized carbons (Fsp3) is 0.0385. The van der Waals surface area contributed by atoms with Crippen molar-refractivity contribution in [3.8, 4) is 22.3 Å². The lowest BCUT2D eigenvalue weighted by Gasteiger charge is -2.07. The van der Waals surface area contributed by atoms with Crippen molar-refractivity contribution in [1.29, 1.82) is 0 Å². The van der Waals surface area contributed by atoms with Crippen LogP contribution < -0.4 is 0 Å². The summed E-state index contributed by atoms with van der Waals surface area (Å²) in [6.07, 6.45) is 0. The minimum absolute atomic E-state index is 0.677. The smallest absolute Gasteiger partial charge is 0.188 e. The van der Waals surface area contributed by atoms with Crippen LogP contribution in [0.5, 0.6) is 0 Å². The van der Waals surface area contributed by atoms with Crippen molar-refractivity contribution in [2.75, 3.05) is 0 Å². The van der Waals surface area contributed by atoms with Crippen molar-refractivity contribution in [2.45, 2.75) is 0 Å². The standard InChI is InChI=1S/C26H18N2/c1-27-22-12-14-26-24(17-22)23-16-21(11-13-25(23)28(26)2)20-10-6-9-19(15-20)18-7-4-3-5-8-18/h3-17H,2H3. The fourth-order valence-corrected chi connectivity index (χ4v) is 3.96. The topological polar surface area (TPSA) is 9.29 Å². The Morgan fingerprint density at radius 2 is 1.21 bits per heavy atom. The van der Waals surface area contributed by atoms with Crippen LogP contribution in [0.2, 0.25) is 0 Å². The van der Waals surface area contributed by atoms with Crippen LogP contribution in [0.4, 0.5) is 5.69 Å². The maximum Gasteiger partial charge on any atom is 0.188 e. The van der Waals surface area contributed by atoms with Crippen LogP contribution in [-0.2, 0) is 7.05 Å². The van der Waals surface area contributed by atoms with Gasteiger partial charge in [-0.1, -0.05) is 60.7 Å². The van der Waals surface area contributed by atoms with Gasteiger partial charge in [0, 0.05) is 23.5 Å². The van der Waals surface area contributed by atoms with Crippen LogP contribution in [-0.4, -0.2) is 4.57 Å². The van der Waals surface area contributed by atoms with E-state index >= 15 is 0 Å². The van der Waals surface area contributed by atoms with E-state index in [1.165, 1.54) is 33.2 Å². The summed E-state index contributed by atoms with van der Waals surface area (Å²) in [6.45, 7) is 7.33. The van der Waals surface area contributed by atoms with Gasteiger partial charge in [-0.25, -0.2) is 4.85 Å². The Morgan fingerprint density at radius 1 is 0.607 bits per heavy atom. The van der Waals surface area contributed by atoms with Crippen LogP contribution in [0.1, 0.15) is 0 Å². The molecule has 0 aliphatic rings. The summed E-state index contributed by atoms with van der Waals surface area (Å²) in [5, 5.41) is 2.32. The minimum Gasteiger partial charge on any atom is -0.344 e. The SMILES string of the molecule is [C-]#[N+]c1ccc2c(c1)c1cc(-c3cccc(-c4ccccc4)c3)ccc1n2C. The van der Waals surface area contributed by atoms with Gasteiger partial charge in [-0.3, -0.25) is 0 Å². The molecule has 0 saturated heterocycles. The van der Waals surface area contributed by atoms with Gasteiger partial charge in [-0.05, 0) is 58.0 Å². The van der Waals surface area contributed by atoms with Crippen molar-refractivity contribution < 1.29 is 0 Å². The first-order valence-electron chi connectivity index (χ1n) is 9.30. The van der Waals surface area contributed by atoms with Gasteiger partial charge < -0.3 is 4.57 Å². The van der Waals surface area contributed by atoms with Crippen molar-refractivity contribution in [3.05, 3.63) is 102 Å². The molecular weight excluding hydrogens is 340 g/mol. The number of hydrogen-bond acceptors (Lipinski definition) is 0. The molecule has 0 aliphatic carbocycles. The number of aryl methyl sites for hydroxylation is 1. The molecule has 5 aromatic rings. The van der Waals surface area contributed by atoms with Crippen LogP contribution in [0.3, 0.4) is 0 Å². The summed E-state index contributed by atoms with van der Waals surface area (Å²) in [7, 11) is 2.08. The number of aromatic nitrogens is 1. The van der Waals surface area contributed by atoms with Gasteiger partial charge in [-0.2, -0.15) is 0 Å². The van der Waals surface area contributed by atoms with E-state index in [-0.39, 0.29) is 0 Å². The van der Waals surface area contributed by atoms with Crippen LogP contribution in [0.25, 0.3) is 48.9 Å². The van der Waals surface area contributed by atoms with Crippen LogP contribution in [0.15, 0.2) is 91.0 Å². The van der Waals surface area contributed by atoms with Crippen molar-refractivity contribution in [3.63, 3.8) is 0 Å². The number of nitrogens with zero attached hydrogens (tertiary/aromatic N) is 2. The zero-order valence-corrected chi connectivity index (χ0v) is 15.6. The second-order valence-electron chi connectivity index (χ2n) is 7.05. The molecule has 0 saturated carbocycles. The molecule has 0 N–H and O–H groups in total. The van der Waals surface area contributed by atoms with Crippen molar-refractivity contribution in [1.82, 2.24) is 4.57 Å². The molecule has 0 unspecified atom stereocenters. The molecule has 2 heteroatoms. The number of fused-ring (bicyclic) bond motifs is 3. The van der Waals surface area contributed by atoms with Crippen molar-refractivity contribution >= 4 is 27.5 Å². The predicted octanol–water partition coefficient (Wildman–Crippen LogP) is 7.22. The lowest BCUT2D eigenvalue weighted by Crippen LogP contribution is -1.86. The number of benzene rings is 4. The summed E-state index contributed by atoms with van der Waals surface area (Å²) in [6, 6.07) is 31.6. The monoisotopic (exact) mass is 358 g/mol. The molecule has 5 rings (SSSR count). The first-order valence-corrected chi connectivity index (χ1v) is 9.30. The third kappa shape index (κ3) is 2.57. The van der Waals surface area contributed by atoms with Gasteiger partial charge in [0.2, 0.25) is 0 Å². The van der Waals surface area contributed by atoms with E-state index < -0.39 is 0 Å². The molecule has 132 valence electrons. The summed E-state index contributed by atoms with van der Waals surface area (Å²) >= 11 is 0. The van der Waals surface area contributed by atoms with Gasteiger partial charge >= 0.3 is 0 Å². The van der Waals surface area contributed by atoms with Gasteiger partial charge in [0.15, 0.2) is 5.69 Å². The quantitative estimate of drug-likeness (QED) is 0.295. The van der Waals surface area contributed by atoms with Gasteiger partial charge in [0.25, 0.3) is 0 Å². The van der Waals surface area contributed by atoms with E-state index in [0.29, 0.717) is 5.69 Å². The maximum atomic E-state index is 7.33. The summed E-state index contributed by atoms with van der Waals surface area (Å²) < 4.78 is 2.20. The molecule has 0 atom stereocenters. The number of hydrogen-bond donors (Lipinski definition) is 0. The molecule has 2 nitrogen and oxygen atoms in total. The minimum atomic E-state index is 0.677. The summed E-state index contributed by atoms with van der Waals surface area (Å²) in [5.74, 6) is 0. The maximum absolute atomic E-state index is 7.33. The van der Waals surface area contributed by atoms with E-state index in [9.17, 15) is 0 Å². The molecule has 1 heterocycles. The molecule has 0 radical (unpaired) electrons. The molecule has 0 spiro atoms. The zero-order chi connectivity index (χ0) is 19.1. The lowest BCUT2D eigenvalue weighted by atomic mass is 9.98. The highest BCUT2D eigenvalue weighted by Gasteiger charge is 2.10. The van der Waals surface area contributed by atoms with Crippen molar-refractivity contribution in [2.24, 2.45) is 7.05 Å². The Hall–Kier alpha value is -3.83. The van der Waals surface area contributed by atoms with Gasteiger partial charge in [-0.15, -0.1) is 0 Å². The van der Waals surface area contributed by atoms with E-state index in [0.717, 1.165) is 10.9 Å². The molecule has 1 aromatic heterocycles. The van der Waals surface area contributed by atoms with E-state index in [4.69, 9.17) is 6.57 Å². The Labute approximate surface area is 164 Å². The highest BCUT2D eigenvalue weighted by atomic mass is 14.9. The summed E-state index contributed by atoms with van der Waals surface area (Å²) in [4.78, 5) is 3.60. The highest BCUT2D eigenvalue weighted by Crippen LogP contribution is 2.35. The van der Waals surface area contributed by atoms with Crippen LogP contribution >= 0.6 is 0 Å². The first kappa shape index (κ1) is 16.4. The molecule has 0 amide bonds. The van der Waals surface area contributed by atoms with Gasteiger partial charge in [0.1, 0.15) is 0 Å². The van der Waals surface area contributed by atoms with Crippen LogP contribution in [0, 0.1) is 6.57 Å². The first-order chi connectivity index (χ1) is 13.7. The Morgan fingerprint density at radius 3 is 1.96 bits per heavy atom. The second kappa shape index (κ2) is 6.40. The Balaban J connectivity index is 1.70. The molecule has 0 aliphatic heterocycles. The Kier molecular flexibility index (Phi) is 3.74. The largest absolute Gasteiger partial charge is 0.344 e. The molecule has 28 heavy (non-hydrogen) atoms. The molecule has 0 bridgehead atoms. The molecular formula is C26H18N2. The van der Waals surface area contributed by atoms with E-state index in [2.05, 4.69) is 83.2 Å². The predicted molar refractivity (Wildman–Crippen MR) is 118 cm³/mol. The van der Waals surface area contributed by atoms with E-state index in [1.807, 2.05) is 24.3 Å².